The smallest absolute Gasteiger partial charge is 0.426 e. The largest absolute Gasteiger partial charge is 0.508 e. The van der Waals surface area contributed by atoms with Crippen LogP contribution < -0.4 is 4.18 Å². The van der Waals surface area contributed by atoms with Crippen molar-refractivity contribution < 1.29 is 22.8 Å². The van der Waals surface area contributed by atoms with E-state index in [9.17, 15) is 18.6 Å². The van der Waals surface area contributed by atoms with Gasteiger partial charge in [0.25, 0.3) is 0 Å². The zero-order chi connectivity index (χ0) is 27.1. The molecule has 0 unspecified atom stereocenters. The van der Waals surface area contributed by atoms with Crippen LogP contribution in [0.25, 0.3) is 37.3 Å². The fourth-order valence-corrected chi connectivity index (χ4v) is 6.20. The van der Waals surface area contributed by atoms with Crippen LogP contribution in [0.15, 0.2) is 108 Å². The van der Waals surface area contributed by atoms with E-state index >= 15 is 0 Å². The summed E-state index contributed by atoms with van der Waals surface area (Å²) < 4.78 is 33.1. The molecule has 0 saturated heterocycles. The molecule has 0 amide bonds. The van der Waals surface area contributed by atoms with Crippen LogP contribution >= 0.6 is 0 Å². The maximum absolute atomic E-state index is 13.7. The van der Waals surface area contributed by atoms with Gasteiger partial charge < -0.3 is 14.4 Å². The number of phenolic OH excluding ortho intramolecular Hbond substituents is 2. The number of hydrogen-bond acceptors (Lipinski definition) is 6. The van der Waals surface area contributed by atoms with E-state index in [1.165, 1.54) is 30.3 Å². The fraction of sp³-hybridized carbons (Fsp3) is 0.0323. The van der Waals surface area contributed by atoms with E-state index in [4.69, 9.17) is 9.58 Å². The Morgan fingerprint density at radius 1 is 0.667 bits per heavy atom. The van der Waals surface area contributed by atoms with Gasteiger partial charge in [0.05, 0.1) is 0 Å². The molecule has 7 nitrogen and oxygen atoms in total. The first kappa shape index (κ1) is 24.2. The Kier molecular flexibility index (Phi) is 5.78. The number of fused-ring (bicyclic) bond motifs is 3. The molecule has 0 aromatic heterocycles. The molecule has 0 spiro atoms. The van der Waals surface area contributed by atoms with Crippen molar-refractivity contribution >= 4 is 48.1 Å². The van der Waals surface area contributed by atoms with Crippen molar-refractivity contribution in [3.8, 4) is 17.2 Å². The van der Waals surface area contributed by atoms with Gasteiger partial charge in [0.1, 0.15) is 16.4 Å². The lowest BCUT2D eigenvalue weighted by atomic mass is 9.93. The number of phenols is 2. The molecule has 0 aliphatic rings. The predicted octanol–water partition coefficient (Wildman–Crippen LogP) is 7.40. The van der Waals surface area contributed by atoms with Gasteiger partial charge in [0.15, 0.2) is 4.98 Å². The highest BCUT2D eigenvalue weighted by Gasteiger charge is 2.26. The molecule has 0 atom stereocenters. The molecule has 2 N–H and O–H groups in total. The summed E-state index contributed by atoms with van der Waals surface area (Å²) >= 11 is 0. The topological polar surface area (TPSA) is 112 Å². The summed E-state index contributed by atoms with van der Waals surface area (Å²) in [5.41, 5.74) is 1.18. The molecular formula is C31H21N2O5S+. The highest BCUT2D eigenvalue weighted by atomic mass is 32.2. The van der Waals surface area contributed by atoms with Crippen molar-refractivity contribution in [1.29, 1.82) is 5.39 Å². The van der Waals surface area contributed by atoms with Gasteiger partial charge in [0.2, 0.25) is 11.1 Å². The molecule has 0 heterocycles. The molecule has 0 fully saturated rings. The maximum atomic E-state index is 13.7. The van der Waals surface area contributed by atoms with E-state index in [-0.39, 0.29) is 45.0 Å². The summed E-state index contributed by atoms with van der Waals surface area (Å²) in [6, 6.07) is 29.3. The van der Waals surface area contributed by atoms with Crippen LogP contribution in [-0.4, -0.2) is 18.6 Å². The minimum absolute atomic E-state index is 0.0790. The number of benzene rings is 6. The Hall–Kier alpha value is -5.13. The summed E-state index contributed by atoms with van der Waals surface area (Å²) in [7, 11) is -4.38. The third-order valence-electron chi connectivity index (χ3n) is 6.92. The quantitative estimate of drug-likeness (QED) is 0.176. The molecule has 8 heteroatoms. The average molecular weight is 534 g/mol. The molecule has 0 saturated carbocycles. The number of rotatable bonds is 5. The van der Waals surface area contributed by atoms with Gasteiger partial charge in [-0.2, -0.15) is 8.42 Å². The van der Waals surface area contributed by atoms with Gasteiger partial charge >= 0.3 is 15.8 Å². The van der Waals surface area contributed by atoms with Gasteiger partial charge in [0, 0.05) is 34.4 Å². The predicted molar refractivity (Wildman–Crippen MR) is 151 cm³/mol. The molecule has 6 rings (SSSR count). The van der Waals surface area contributed by atoms with E-state index in [2.05, 4.69) is 4.98 Å². The van der Waals surface area contributed by atoms with Crippen LogP contribution in [0.2, 0.25) is 0 Å². The zero-order valence-corrected chi connectivity index (χ0v) is 21.3. The Morgan fingerprint density at radius 2 is 1.31 bits per heavy atom. The third kappa shape index (κ3) is 4.15. The summed E-state index contributed by atoms with van der Waals surface area (Å²) in [4.78, 5) is 2.89. The van der Waals surface area contributed by atoms with Crippen LogP contribution in [0.3, 0.4) is 0 Å². The fourth-order valence-electron chi connectivity index (χ4n) is 5.03. The second kappa shape index (κ2) is 9.31. The van der Waals surface area contributed by atoms with Crippen LogP contribution in [0.1, 0.15) is 11.1 Å². The van der Waals surface area contributed by atoms with Crippen molar-refractivity contribution in [2.45, 2.75) is 11.3 Å². The lowest BCUT2D eigenvalue weighted by molar-refractivity contribution is 0.470. The van der Waals surface area contributed by atoms with E-state index in [1.807, 2.05) is 54.6 Å². The van der Waals surface area contributed by atoms with Crippen LogP contribution in [0.4, 0.5) is 5.69 Å². The standard InChI is InChI=1S/C31H20N2O5S/c32-33-27-15-14-23-24(31(27)35)10-5-11-30(23)39(36,37)38-29-17-13-20-7-2-4-9-22(20)26(29)18-25-21-8-3-1-6-19(21)12-16-28(25)34/h1-17H,18H2,(H-,34,35)/p+1. The highest BCUT2D eigenvalue weighted by Crippen LogP contribution is 2.40. The van der Waals surface area contributed by atoms with Gasteiger partial charge in [-0.3, -0.25) is 0 Å². The minimum atomic E-state index is -4.38. The summed E-state index contributed by atoms with van der Waals surface area (Å²) in [5.74, 6) is -0.112. The molecule has 0 radical (unpaired) electrons. The lowest BCUT2D eigenvalue weighted by Crippen LogP contribution is -2.12. The van der Waals surface area contributed by atoms with E-state index in [0.717, 1.165) is 21.5 Å². The summed E-state index contributed by atoms with van der Waals surface area (Å²) in [5, 5.41) is 34.3. The van der Waals surface area contributed by atoms with E-state index in [0.29, 0.717) is 11.1 Å². The Labute approximate surface area is 223 Å². The van der Waals surface area contributed by atoms with Gasteiger partial charge in [-0.25, -0.2) is 0 Å². The highest BCUT2D eigenvalue weighted by molar-refractivity contribution is 7.87. The number of nitrogens with zero attached hydrogens (tertiary/aromatic N) is 2. The zero-order valence-electron chi connectivity index (χ0n) is 20.4. The Balaban J connectivity index is 1.52. The van der Waals surface area contributed by atoms with Crippen LogP contribution in [0.5, 0.6) is 17.2 Å². The molecular weight excluding hydrogens is 512 g/mol. The second-order valence-electron chi connectivity index (χ2n) is 9.15. The summed E-state index contributed by atoms with van der Waals surface area (Å²) in [6.45, 7) is 0. The maximum Gasteiger partial charge on any atom is 0.426 e. The molecule has 6 aromatic rings. The first-order valence-electron chi connectivity index (χ1n) is 12.1. The van der Waals surface area contributed by atoms with Crippen molar-refractivity contribution in [2.75, 3.05) is 0 Å². The van der Waals surface area contributed by atoms with E-state index < -0.39 is 10.1 Å². The monoisotopic (exact) mass is 533 g/mol. The Bertz CT molecular complexity index is 2080. The van der Waals surface area contributed by atoms with Crippen LogP contribution in [-0.2, 0) is 16.5 Å². The van der Waals surface area contributed by atoms with Crippen molar-refractivity contribution in [3.63, 3.8) is 0 Å². The van der Waals surface area contributed by atoms with Gasteiger partial charge in [-0.1, -0.05) is 72.8 Å². The molecule has 0 aliphatic heterocycles. The number of diazo groups is 1. The third-order valence-corrected chi connectivity index (χ3v) is 8.21. The van der Waals surface area contributed by atoms with Crippen molar-refractivity contribution in [3.05, 3.63) is 119 Å². The molecule has 39 heavy (non-hydrogen) atoms. The molecule has 0 bridgehead atoms. The number of hydrogen-bond donors (Lipinski definition) is 2. The number of aromatic hydroxyl groups is 2. The van der Waals surface area contributed by atoms with Crippen LogP contribution in [0, 0.1) is 5.39 Å². The Morgan fingerprint density at radius 3 is 2.03 bits per heavy atom. The van der Waals surface area contributed by atoms with Crippen molar-refractivity contribution in [1.82, 2.24) is 0 Å². The normalized spacial score (nSPS) is 11.6. The van der Waals surface area contributed by atoms with Gasteiger partial charge in [-0.15, -0.1) is 0 Å². The SMILES string of the molecule is N#[N+]c1ccc2c(S(=O)(=O)Oc3ccc4ccccc4c3Cc3c(O)ccc4ccccc34)cccc2c1O. The molecule has 190 valence electrons. The molecule has 0 aliphatic carbocycles. The lowest BCUT2D eigenvalue weighted by Gasteiger charge is -2.17. The van der Waals surface area contributed by atoms with Gasteiger partial charge in [-0.05, 0) is 45.8 Å². The second-order valence-corrected chi connectivity index (χ2v) is 10.7. The summed E-state index contributed by atoms with van der Waals surface area (Å²) in [6.07, 6.45) is 0.219. The average Bonchev–Trinajstić information content (AvgIpc) is 2.95. The van der Waals surface area contributed by atoms with Crippen molar-refractivity contribution in [2.24, 2.45) is 0 Å². The molecule has 6 aromatic carbocycles. The van der Waals surface area contributed by atoms with E-state index in [1.54, 1.807) is 18.2 Å². The first-order chi connectivity index (χ1) is 18.9. The minimum Gasteiger partial charge on any atom is -0.508 e. The first-order valence-corrected chi connectivity index (χ1v) is 13.5.